The fourth-order valence-corrected chi connectivity index (χ4v) is 6.28. The quantitative estimate of drug-likeness (QED) is 0.142. The molecule has 13 nitrogen and oxygen atoms in total. The molecule has 0 bridgehead atoms. The van der Waals surface area contributed by atoms with E-state index in [0.29, 0.717) is 43.6 Å². The highest BCUT2D eigenvalue weighted by Gasteiger charge is 2.37. The summed E-state index contributed by atoms with van der Waals surface area (Å²) >= 11 is 6.35. The molecule has 0 heterocycles. The Bertz CT molecular complexity index is 1380. The van der Waals surface area contributed by atoms with E-state index in [4.69, 9.17) is 25.8 Å². The van der Waals surface area contributed by atoms with Crippen LogP contribution < -0.4 is 30.7 Å². The van der Waals surface area contributed by atoms with Crippen molar-refractivity contribution in [2.24, 2.45) is 0 Å². The van der Waals surface area contributed by atoms with Crippen LogP contribution in [-0.2, 0) is 25.9 Å². The highest BCUT2D eigenvalue weighted by molar-refractivity contribution is 7.89. The summed E-state index contributed by atoms with van der Waals surface area (Å²) in [4.78, 5) is 25.1. The van der Waals surface area contributed by atoms with E-state index < -0.39 is 10.0 Å². The monoisotopic (exact) mass is 682 g/mol. The van der Waals surface area contributed by atoms with Gasteiger partial charge in [-0.15, -0.1) is 0 Å². The van der Waals surface area contributed by atoms with E-state index in [9.17, 15) is 18.0 Å². The summed E-state index contributed by atoms with van der Waals surface area (Å²) in [6.07, 6.45) is 2.12. The Morgan fingerprint density at radius 2 is 1.50 bits per heavy atom. The molecule has 0 fully saturated rings. The number of nitrogens with zero attached hydrogens (tertiary/aromatic N) is 1. The van der Waals surface area contributed by atoms with E-state index in [1.165, 1.54) is 17.7 Å². The van der Waals surface area contributed by atoms with Crippen LogP contribution in [0.3, 0.4) is 0 Å². The van der Waals surface area contributed by atoms with E-state index >= 15 is 0 Å². The number of urea groups is 2. The first kappa shape index (κ1) is 37.3. The molecule has 46 heavy (non-hydrogen) atoms. The molecular weight excluding hydrogens is 636 g/mol. The third-order valence-corrected chi connectivity index (χ3v) is 9.14. The van der Waals surface area contributed by atoms with Gasteiger partial charge in [0.1, 0.15) is 11.9 Å². The Labute approximate surface area is 277 Å². The maximum Gasteiger partial charge on any atom is 0.314 e. The molecule has 256 valence electrons. The van der Waals surface area contributed by atoms with Crippen molar-refractivity contribution >= 4 is 33.7 Å². The van der Waals surface area contributed by atoms with Crippen LogP contribution >= 0.6 is 11.6 Å². The van der Waals surface area contributed by atoms with Crippen LogP contribution in [0, 0.1) is 6.92 Å². The summed E-state index contributed by atoms with van der Waals surface area (Å²) in [5, 5.41) is 11.2. The van der Waals surface area contributed by atoms with Gasteiger partial charge in [-0.1, -0.05) is 11.6 Å². The van der Waals surface area contributed by atoms with Gasteiger partial charge in [-0.3, -0.25) is 0 Å². The number of halogens is 1. The van der Waals surface area contributed by atoms with Gasteiger partial charge in [0.15, 0.2) is 0 Å². The number of benzene rings is 2. The summed E-state index contributed by atoms with van der Waals surface area (Å²) in [7, 11) is 1.87. The molecule has 0 saturated carbocycles. The summed E-state index contributed by atoms with van der Waals surface area (Å²) in [5.74, 6) is 0.573. The van der Waals surface area contributed by atoms with E-state index in [2.05, 4.69) is 37.8 Å². The van der Waals surface area contributed by atoms with Crippen LogP contribution in [0.15, 0.2) is 41.3 Å². The number of carbonyl (C=O) groups excluding carboxylic acids is 2. The molecule has 0 unspecified atom stereocenters. The van der Waals surface area contributed by atoms with Gasteiger partial charge >= 0.3 is 12.1 Å². The van der Waals surface area contributed by atoms with Crippen LogP contribution in [-0.4, -0.2) is 105 Å². The van der Waals surface area contributed by atoms with Crippen LogP contribution in [0.2, 0.25) is 5.02 Å². The predicted molar refractivity (Wildman–Crippen MR) is 177 cm³/mol. The third-order valence-electron chi connectivity index (χ3n) is 7.45. The summed E-state index contributed by atoms with van der Waals surface area (Å²) in [5.41, 5.74) is 3.43. The molecule has 0 saturated heterocycles. The fourth-order valence-electron chi connectivity index (χ4n) is 4.99. The SMILES string of the molecule is CNC(=O)NCCCCNC(=O)NCCOCCOCCNS(=O)(=O)c1ccc(O[C@H]2c3cc(Cl)cc(C)c3C[C@@H]2N(C)C)cc1. The number of ether oxygens (including phenoxy) is 3. The van der Waals surface area contributed by atoms with Crippen LogP contribution in [0.1, 0.15) is 35.6 Å². The number of unbranched alkanes of at least 4 members (excludes halogenated alkanes) is 1. The van der Waals surface area contributed by atoms with E-state index in [1.807, 2.05) is 26.2 Å². The number of sulfonamides is 1. The van der Waals surface area contributed by atoms with Gasteiger partial charge in [-0.2, -0.15) is 0 Å². The Balaban J connectivity index is 1.28. The predicted octanol–water partition coefficient (Wildman–Crippen LogP) is 2.57. The zero-order valence-corrected chi connectivity index (χ0v) is 28.6. The van der Waals surface area contributed by atoms with Gasteiger partial charge in [0.2, 0.25) is 10.0 Å². The molecule has 0 spiro atoms. The average molecular weight is 683 g/mol. The number of hydrogen-bond acceptors (Lipinski definition) is 8. The van der Waals surface area contributed by atoms with Crippen molar-refractivity contribution in [3.63, 3.8) is 0 Å². The lowest BCUT2D eigenvalue weighted by Crippen LogP contribution is -2.38. The molecule has 0 aliphatic heterocycles. The average Bonchev–Trinajstić information content (AvgIpc) is 3.38. The Hall–Kier alpha value is -3.14. The number of rotatable bonds is 19. The molecule has 15 heteroatoms. The zero-order valence-electron chi connectivity index (χ0n) is 27.0. The van der Waals surface area contributed by atoms with Crippen LogP contribution in [0.5, 0.6) is 5.75 Å². The number of likely N-dealkylation sites (N-methyl/N-ethyl adjacent to an activating group) is 1. The van der Waals surface area contributed by atoms with Crippen molar-refractivity contribution in [2.45, 2.75) is 43.2 Å². The highest BCUT2D eigenvalue weighted by atomic mass is 35.5. The molecule has 1 aliphatic rings. The molecular formula is C31H47ClN6O7S. The van der Waals surface area contributed by atoms with Crippen molar-refractivity contribution in [1.29, 1.82) is 0 Å². The first-order valence-electron chi connectivity index (χ1n) is 15.4. The summed E-state index contributed by atoms with van der Waals surface area (Å²) < 4.78 is 45.3. The first-order chi connectivity index (χ1) is 22.0. The lowest BCUT2D eigenvalue weighted by atomic mass is 10.0. The third kappa shape index (κ3) is 11.9. The molecule has 5 N–H and O–H groups in total. The topological polar surface area (TPSA) is 159 Å². The minimum atomic E-state index is -3.73. The molecule has 1 aliphatic carbocycles. The second kappa shape index (κ2) is 18.9. The zero-order chi connectivity index (χ0) is 33.5. The number of carbonyl (C=O) groups is 2. The Kier molecular flexibility index (Phi) is 15.3. The molecule has 0 radical (unpaired) electrons. The smallest absolute Gasteiger partial charge is 0.314 e. The molecule has 2 aromatic rings. The normalized spacial score (nSPS) is 15.8. The Morgan fingerprint density at radius 1 is 0.891 bits per heavy atom. The van der Waals surface area contributed by atoms with Gasteiger partial charge in [0, 0.05) is 38.2 Å². The van der Waals surface area contributed by atoms with Crippen molar-refractivity contribution in [1.82, 2.24) is 30.9 Å². The summed E-state index contributed by atoms with van der Waals surface area (Å²) in [6.45, 7) is 4.63. The number of amides is 4. The second-order valence-electron chi connectivity index (χ2n) is 11.1. The van der Waals surface area contributed by atoms with Crippen molar-refractivity contribution < 1.29 is 32.2 Å². The van der Waals surface area contributed by atoms with Crippen LogP contribution in [0.25, 0.3) is 0 Å². The van der Waals surface area contributed by atoms with E-state index in [-0.39, 0.29) is 48.9 Å². The second-order valence-corrected chi connectivity index (χ2v) is 13.3. The molecule has 2 atom stereocenters. The van der Waals surface area contributed by atoms with Crippen molar-refractivity contribution in [3.05, 3.63) is 58.1 Å². The highest BCUT2D eigenvalue weighted by Crippen LogP contribution is 2.40. The van der Waals surface area contributed by atoms with Gasteiger partial charge in [0.05, 0.1) is 37.4 Å². The lowest BCUT2D eigenvalue weighted by molar-refractivity contribution is 0.0516. The van der Waals surface area contributed by atoms with Gasteiger partial charge < -0.3 is 40.4 Å². The van der Waals surface area contributed by atoms with Crippen LogP contribution in [0.4, 0.5) is 9.59 Å². The number of aryl methyl sites for hydroxylation is 1. The molecule has 0 aromatic heterocycles. The Morgan fingerprint density at radius 3 is 2.13 bits per heavy atom. The van der Waals surface area contributed by atoms with E-state index in [0.717, 1.165) is 30.4 Å². The van der Waals surface area contributed by atoms with Gasteiger partial charge in [-0.05, 0) is 93.4 Å². The van der Waals surface area contributed by atoms with Crippen molar-refractivity contribution in [3.8, 4) is 5.75 Å². The fraction of sp³-hybridized carbons (Fsp3) is 0.548. The number of hydrogen-bond donors (Lipinski definition) is 5. The molecule has 4 amide bonds. The van der Waals surface area contributed by atoms with Crippen molar-refractivity contribution in [2.75, 3.05) is 73.7 Å². The molecule has 3 rings (SSSR count). The van der Waals surface area contributed by atoms with E-state index in [1.54, 1.807) is 19.2 Å². The maximum absolute atomic E-state index is 12.8. The number of nitrogens with one attached hydrogen (secondary N) is 5. The molecule has 2 aromatic carbocycles. The van der Waals surface area contributed by atoms with Gasteiger partial charge in [0.25, 0.3) is 0 Å². The lowest BCUT2D eigenvalue weighted by Gasteiger charge is -2.27. The minimum absolute atomic E-state index is 0.105. The largest absolute Gasteiger partial charge is 0.484 e. The minimum Gasteiger partial charge on any atom is -0.484 e. The number of fused-ring (bicyclic) bond motifs is 1. The maximum atomic E-state index is 12.8. The standard InChI is InChI=1S/C31H47ClN6O7S/c1-22-19-23(32)20-27-26(22)21-28(38(3)4)29(27)45-24-7-9-25(10-8-24)46(41,42)37-14-16-44-18-17-43-15-13-36-31(40)35-12-6-5-11-34-30(39)33-2/h7-10,19-20,28-29,37H,5-6,11-18,21H2,1-4H3,(H2,33,34,39)(H2,35,36,40)/t28-,29-/m0/s1. The summed E-state index contributed by atoms with van der Waals surface area (Å²) in [6, 6.07) is 9.91. The van der Waals surface area contributed by atoms with Gasteiger partial charge in [-0.25, -0.2) is 22.7 Å². The first-order valence-corrected chi connectivity index (χ1v) is 17.2.